The van der Waals surface area contributed by atoms with Crippen molar-refractivity contribution in [2.75, 3.05) is 20.7 Å². The molecular weight excluding hydrogens is 311 g/mol. The van der Waals surface area contributed by atoms with Crippen LogP contribution in [0.5, 0.6) is 0 Å². The van der Waals surface area contributed by atoms with Gasteiger partial charge in [-0.3, -0.25) is 9.98 Å². The molecule has 130 valence electrons. The number of ether oxygens (including phenoxy) is 1. The molecule has 0 rings (SSSR count). The Labute approximate surface area is 133 Å². The number of hydrogen-bond acceptors (Lipinski definition) is 5. The van der Waals surface area contributed by atoms with Crippen LogP contribution in [-0.2, 0) is 4.74 Å². The third kappa shape index (κ3) is 8.64. The monoisotopic (exact) mass is 333 g/mol. The van der Waals surface area contributed by atoms with Crippen LogP contribution in [-0.4, -0.2) is 44.6 Å². The zero-order valence-corrected chi connectivity index (χ0v) is 13.6. The van der Waals surface area contributed by atoms with Crippen LogP contribution in [0.4, 0.5) is 13.2 Å². The number of nitrogens with two attached hydrogens (primary N) is 1. The number of nitrogens with one attached hydrogen (secondary N) is 1. The van der Waals surface area contributed by atoms with Gasteiger partial charge in [0.25, 0.3) is 0 Å². The molecule has 0 bridgehead atoms. The molecule has 0 saturated heterocycles. The number of hydrogen-bond donors (Lipinski definition) is 2. The maximum absolute atomic E-state index is 12.6. The average Bonchev–Trinajstić information content (AvgIpc) is 2.49. The SMILES string of the molecule is CC/C=C(\NC(/C=C(\C)C(F)(F)F)=NC)OC/C(C=NC)=N/N. The van der Waals surface area contributed by atoms with E-state index in [4.69, 9.17) is 10.6 Å². The second-order valence-electron chi connectivity index (χ2n) is 4.33. The molecule has 23 heavy (non-hydrogen) atoms. The summed E-state index contributed by atoms with van der Waals surface area (Å²) in [5.41, 5.74) is -0.392. The van der Waals surface area contributed by atoms with Gasteiger partial charge in [0, 0.05) is 25.9 Å². The number of aliphatic imine (C=N–C) groups is 2. The van der Waals surface area contributed by atoms with Crippen molar-refractivity contribution < 1.29 is 17.9 Å². The predicted molar refractivity (Wildman–Crippen MR) is 86.7 cm³/mol. The van der Waals surface area contributed by atoms with Gasteiger partial charge in [-0.15, -0.1) is 0 Å². The van der Waals surface area contributed by atoms with E-state index >= 15 is 0 Å². The molecule has 0 heterocycles. The van der Waals surface area contributed by atoms with E-state index in [1.54, 1.807) is 13.1 Å². The summed E-state index contributed by atoms with van der Waals surface area (Å²) in [6, 6.07) is 0. The largest absolute Gasteiger partial charge is 0.473 e. The van der Waals surface area contributed by atoms with Gasteiger partial charge in [-0.2, -0.15) is 18.3 Å². The number of allylic oxidation sites excluding steroid dienone is 2. The Hall–Kier alpha value is -2.32. The number of halogens is 3. The Balaban J connectivity index is 5.03. The van der Waals surface area contributed by atoms with E-state index in [0.29, 0.717) is 12.1 Å². The first kappa shape index (κ1) is 20.7. The van der Waals surface area contributed by atoms with Gasteiger partial charge in [0.1, 0.15) is 18.2 Å². The van der Waals surface area contributed by atoms with Crippen molar-refractivity contribution >= 4 is 17.8 Å². The van der Waals surface area contributed by atoms with E-state index in [1.165, 1.54) is 13.3 Å². The summed E-state index contributed by atoms with van der Waals surface area (Å²) in [7, 11) is 2.93. The molecular formula is C14H22F3N5O. The summed E-state index contributed by atoms with van der Waals surface area (Å²) < 4.78 is 43.2. The van der Waals surface area contributed by atoms with Crippen LogP contribution in [0.15, 0.2) is 38.7 Å². The van der Waals surface area contributed by atoms with E-state index < -0.39 is 11.7 Å². The normalized spacial score (nSPS) is 15.3. The summed E-state index contributed by atoms with van der Waals surface area (Å²) >= 11 is 0. The molecule has 0 aromatic carbocycles. The molecule has 0 unspecified atom stereocenters. The van der Waals surface area contributed by atoms with Gasteiger partial charge >= 0.3 is 6.18 Å². The van der Waals surface area contributed by atoms with Crippen LogP contribution in [0.1, 0.15) is 20.3 Å². The summed E-state index contributed by atoms with van der Waals surface area (Å²) in [6.45, 7) is 2.84. The highest BCUT2D eigenvalue weighted by Crippen LogP contribution is 2.24. The number of nitrogens with zero attached hydrogens (tertiary/aromatic N) is 3. The third-order valence-corrected chi connectivity index (χ3v) is 2.50. The first-order valence-electron chi connectivity index (χ1n) is 6.79. The number of alkyl halides is 3. The molecule has 6 nitrogen and oxygen atoms in total. The summed E-state index contributed by atoms with van der Waals surface area (Å²) in [5.74, 6) is 5.46. The fraction of sp³-hybridized carbons (Fsp3) is 0.500. The highest BCUT2D eigenvalue weighted by Gasteiger charge is 2.30. The van der Waals surface area contributed by atoms with Crippen LogP contribution in [0, 0.1) is 0 Å². The number of rotatable bonds is 7. The lowest BCUT2D eigenvalue weighted by atomic mass is 10.2. The minimum atomic E-state index is -4.41. The zero-order valence-electron chi connectivity index (χ0n) is 13.6. The smallest absolute Gasteiger partial charge is 0.412 e. The van der Waals surface area contributed by atoms with Crippen molar-refractivity contribution in [1.82, 2.24) is 5.32 Å². The Morgan fingerprint density at radius 2 is 1.96 bits per heavy atom. The Morgan fingerprint density at radius 1 is 1.30 bits per heavy atom. The lowest BCUT2D eigenvalue weighted by Gasteiger charge is -2.14. The maximum atomic E-state index is 12.6. The zero-order chi connectivity index (χ0) is 17.9. The van der Waals surface area contributed by atoms with Crippen molar-refractivity contribution in [3.8, 4) is 0 Å². The summed E-state index contributed by atoms with van der Waals surface area (Å²) in [5, 5.41) is 6.19. The van der Waals surface area contributed by atoms with E-state index in [-0.39, 0.29) is 18.3 Å². The Bertz CT molecular complexity index is 519. The predicted octanol–water partition coefficient (Wildman–Crippen LogP) is 2.40. The van der Waals surface area contributed by atoms with Crippen molar-refractivity contribution in [3.63, 3.8) is 0 Å². The molecule has 0 fully saturated rings. The summed E-state index contributed by atoms with van der Waals surface area (Å²) in [4.78, 5) is 7.53. The first-order chi connectivity index (χ1) is 10.8. The van der Waals surface area contributed by atoms with Crippen LogP contribution in [0.3, 0.4) is 0 Å². The molecule has 0 aliphatic carbocycles. The second-order valence-corrected chi connectivity index (χ2v) is 4.33. The van der Waals surface area contributed by atoms with Crippen LogP contribution in [0.25, 0.3) is 0 Å². The van der Waals surface area contributed by atoms with Gasteiger partial charge in [-0.25, -0.2) is 0 Å². The lowest BCUT2D eigenvalue weighted by molar-refractivity contribution is -0.0912. The fourth-order valence-corrected chi connectivity index (χ4v) is 1.31. The highest BCUT2D eigenvalue weighted by molar-refractivity contribution is 6.31. The minimum absolute atomic E-state index is 0.0195. The maximum Gasteiger partial charge on any atom is 0.412 e. The van der Waals surface area contributed by atoms with E-state index in [2.05, 4.69) is 20.4 Å². The van der Waals surface area contributed by atoms with Crippen molar-refractivity contribution in [2.45, 2.75) is 26.4 Å². The minimum Gasteiger partial charge on any atom is -0.473 e. The van der Waals surface area contributed by atoms with Gasteiger partial charge in [0.2, 0.25) is 0 Å². The van der Waals surface area contributed by atoms with Gasteiger partial charge < -0.3 is 15.9 Å². The highest BCUT2D eigenvalue weighted by atomic mass is 19.4. The Morgan fingerprint density at radius 3 is 2.39 bits per heavy atom. The molecule has 0 aliphatic heterocycles. The van der Waals surface area contributed by atoms with Gasteiger partial charge in [0.05, 0.1) is 0 Å². The van der Waals surface area contributed by atoms with Crippen LogP contribution < -0.4 is 11.2 Å². The third-order valence-electron chi connectivity index (χ3n) is 2.50. The quantitative estimate of drug-likeness (QED) is 0.247. The van der Waals surface area contributed by atoms with Crippen molar-refractivity contribution in [3.05, 3.63) is 23.6 Å². The van der Waals surface area contributed by atoms with Crippen LogP contribution >= 0.6 is 0 Å². The lowest BCUT2D eigenvalue weighted by Crippen LogP contribution is -2.26. The Kier molecular flexibility index (Phi) is 9.36. The molecule has 0 aliphatic rings. The van der Waals surface area contributed by atoms with Crippen molar-refractivity contribution in [2.24, 2.45) is 20.9 Å². The topological polar surface area (TPSA) is 84.4 Å². The molecule has 0 aromatic rings. The standard InChI is InChI=1S/C14H22F3N5O/c1-5-6-13(23-9-11(22-18)8-19-3)21-12(20-4)7-10(2)14(15,16)17/h6-8H,5,9,18H2,1-4H3,(H,20,21)/b10-7+,13-6+,19-8?,22-11+. The van der Waals surface area contributed by atoms with Gasteiger partial charge in [0.15, 0.2) is 5.88 Å². The van der Waals surface area contributed by atoms with Gasteiger partial charge in [-0.05, 0) is 25.5 Å². The molecule has 0 aromatic heterocycles. The molecule has 0 amide bonds. The summed E-state index contributed by atoms with van der Waals surface area (Å²) in [6.07, 6.45) is 0.186. The second kappa shape index (κ2) is 10.4. The van der Waals surface area contributed by atoms with E-state index in [9.17, 15) is 13.2 Å². The van der Waals surface area contributed by atoms with E-state index in [0.717, 1.165) is 13.0 Å². The molecule has 0 atom stereocenters. The number of amidine groups is 1. The number of hydrazone groups is 1. The van der Waals surface area contributed by atoms with Gasteiger partial charge in [-0.1, -0.05) is 6.92 Å². The molecule has 0 radical (unpaired) electrons. The first-order valence-corrected chi connectivity index (χ1v) is 6.79. The van der Waals surface area contributed by atoms with E-state index in [1.807, 2.05) is 6.92 Å². The fourth-order valence-electron chi connectivity index (χ4n) is 1.31. The molecule has 0 saturated carbocycles. The average molecular weight is 333 g/mol. The van der Waals surface area contributed by atoms with Crippen LogP contribution in [0.2, 0.25) is 0 Å². The molecule has 9 heteroatoms. The van der Waals surface area contributed by atoms with Crippen molar-refractivity contribution in [1.29, 1.82) is 0 Å². The molecule has 3 N–H and O–H groups in total. The molecule has 0 spiro atoms.